The van der Waals surface area contributed by atoms with E-state index < -0.39 is 0 Å². The summed E-state index contributed by atoms with van der Waals surface area (Å²) in [5, 5.41) is 7.46. The third-order valence-electron chi connectivity index (χ3n) is 5.84. The summed E-state index contributed by atoms with van der Waals surface area (Å²) in [6.07, 6.45) is 16.0. The molecule has 3 heteroatoms. The van der Waals surface area contributed by atoms with E-state index in [-0.39, 0.29) is 0 Å². The lowest BCUT2D eigenvalue weighted by Crippen LogP contribution is -2.36. The Morgan fingerprint density at radius 3 is 2.57 bits per heavy atom. The number of hydrogen-bond acceptors (Lipinski definition) is 2. The summed E-state index contributed by atoms with van der Waals surface area (Å²) in [6.45, 7) is 5.51. The van der Waals surface area contributed by atoms with Crippen molar-refractivity contribution < 1.29 is 0 Å². The average Bonchev–Trinajstić information content (AvgIpc) is 2.74. The molecule has 0 heterocycles. The summed E-state index contributed by atoms with van der Waals surface area (Å²) in [5.74, 6) is 2.01. The summed E-state index contributed by atoms with van der Waals surface area (Å²) in [4.78, 5) is 4.56. The number of aliphatic imine (C=N–C) groups is 1. The predicted octanol–water partition coefficient (Wildman–Crippen LogP) is 6.04. The molecule has 1 unspecified atom stereocenters. The minimum atomic E-state index is 0.314. The van der Waals surface area contributed by atoms with E-state index in [1.807, 2.05) is 7.05 Å². The molecule has 0 spiro atoms. The van der Waals surface area contributed by atoms with Gasteiger partial charge in [0.05, 0.1) is 5.84 Å². The van der Waals surface area contributed by atoms with Gasteiger partial charge in [-0.15, -0.1) is 0 Å². The quantitative estimate of drug-likeness (QED) is 0.278. The van der Waals surface area contributed by atoms with Crippen molar-refractivity contribution in [3.63, 3.8) is 0 Å². The summed E-state index contributed by atoms with van der Waals surface area (Å²) < 4.78 is 0. The average molecular weight is 384 g/mol. The second-order valence-electron chi connectivity index (χ2n) is 8.25. The summed E-state index contributed by atoms with van der Waals surface area (Å²) >= 11 is 0. The van der Waals surface area contributed by atoms with E-state index in [9.17, 15) is 0 Å². The Balaban J connectivity index is 1.91. The van der Waals surface area contributed by atoms with Gasteiger partial charge in [0.25, 0.3) is 0 Å². The molecule has 0 saturated heterocycles. The van der Waals surface area contributed by atoms with Gasteiger partial charge in [-0.25, -0.2) is 0 Å². The molecule has 1 aromatic carbocycles. The lowest BCUT2D eigenvalue weighted by Gasteiger charge is -2.25. The van der Waals surface area contributed by atoms with Crippen LogP contribution in [0.25, 0.3) is 0 Å². The zero-order valence-corrected chi connectivity index (χ0v) is 18.3. The Morgan fingerprint density at radius 2 is 1.89 bits per heavy atom. The van der Waals surface area contributed by atoms with Crippen LogP contribution < -0.4 is 10.6 Å². The standard InChI is InChI=1S/C25H41N3/c1-4-5-8-13-21(2)28-25(26-3)20-24(23-16-11-7-12-17-23)27-19-18-22-14-9-6-10-15-22/h5,7-8,11-12,16-17,21-22,24,27H,4,6,9-10,13-15,18-20H2,1-3H3,(H,26,28)/b8-5-/t21?,24-/m0/s1. The highest BCUT2D eigenvalue weighted by Crippen LogP contribution is 2.26. The van der Waals surface area contributed by atoms with E-state index in [4.69, 9.17) is 0 Å². The number of rotatable bonds is 11. The van der Waals surface area contributed by atoms with Crippen LogP contribution in [0.1, 0.15) is 83.2 Å². The van der Waals surface area contributed by atoms with Gasteiger partial charge in [-0.2, -0.15) is 0 Å². The number of amidine groups is 1. The van der Waals surface area contributed by atoms with E-state index in [0.29, 0.717) is 12.1 Å². The molecular formula is C25H41N3. The highest BCUT2D eigenvalue weighted by atomic mass is 15.0. The largest absolute Gasteiger partial charge is 0.371 e. The van der Waals surface area contributed by atoms with Crippen LogP contribution in [0.4, 0.5) is 0 Å². The fourth-order valence-corrected chi connectivity index (χ4v) is 4.15. The number of nitrogens with zero attached hydrogens (tertiary/aromatic N) is 1. The van der Waals surface area contributed by atoms with Gasteiger partial charge in [-0.3, -0.25) is 4.99 Å². The number of hydrogen-bond donors (Lipinski definition) is 2. The van der Waals surface area contributed by atoms with Crippen molar-refractivity contribution in [3.8, 4) is 0 Å². The normalized spacial score (nSPS) is 18.3. The molecule has 2 rings (SSSR count). The van der Waals surface area contributed by atoms with E-state index >= 15 is 0 Å². The molecule has 1 fully saturated rings. The minimum Gasteiger partial charge on any atom is -0.371 e. The van der Waals surface area contributed by atoms with Crippen LogP contribution in [0.5, 0.6) is 0 Å². The van der Waals surface area contributed by atoms with Crippen LogP contribution >= 0.6 is 0 Å². The molecule has 3 nitrogen and oxygen atoms in total. The Kier molecular flexibility index (Phi) is 11.0. The van der Waals surface area contributed by atoms with Crippen LogP contribution in [0.3, 0.4) is 0 Å². The lowest BCUT2D eigenvalue weighted by molar-refractivity contribution is 0.328. The molecular weight excluding hydrogens is 342 g/mol. The van der Waals surface area contributed by atoms with Crippen molar-refractivity contribution in [2.24, 2.45) is 10.9 Å². The van der Waals surface area contributed by atoms with Gasteiger partial charge < -0.3 is 10.6 Å². The first-order chi connectivity index (χ1) is 13.7. The molecule has 0 radical (unpaired) electrons. The molecule has 1 aliphatic carbocycles. The molecule has 1 aliphatic rings. The molecule has 2 atom stereocenters. The molecule has 0 amide bonds. The van der Waals surface area contributed by atoms with Crippen LogP contribution in [0.2, 0.25) is 0 Å². The van der Waals surface area contributed by atoms with Gasteiger partial charge in [0.2, 0.25) is 0 Å². The zero-order valence-electron chi connectivity index (χ0n) is 18.3. The van der Waals surface area contributed by atoms with Crippen molar-refractivity contribution in [1.29, 1.82) is 0 Å². The Morgan fingerprint density at radius 1 is 1.14 bits per heavy atom. The SMILES string of the molecule is CC/C=C\CC(C)NC(C[C@H](NCCC1CCCCC1)c1ccccc1)=NC. The van der Waals surface area contributed by atoms with Crippen LogP contribution in [0, 0.1) is 5.92 Å². The van der Waals surface area contributed by atoms with E-state index in [2.05, 4.69) is 72.0 Å². The third-order valence-corrected chi connectivity index (χ3v) is 5.84. The molecule has 156 valence electrons. The maximum atomic E-state index is 4.56. The van der Waals surface area contributed by atoms with Crippen LogP contribution in [-0.4, -0.2) is 25.5 Å². The molecule has 0 aliphatic heterocycles. The van der Waals surface area contributed by atoms with Crippen molar-refractivity contribution >= 4 is 5.84 Å². The molecule has 0 aromatic heterocycles. The van der Waals surface area contributed by atoms with Crippen molar-refractivity contribution in [3.05, 3.63) is 48.0 Å². The van der Waals surface area contributed by atoms with Gasteiger partial charge in [0.1, 0.15) is 0 Å². The first-order valence-corrected chi connectivity index (χ1v) is 11.4. The number of nitrogens with one attached hydrogen (secondary N) is 2. The van der Waals surface area contributed by atoms with E-state index in [1.165, 1.54) is 44.1 Å². The van der Waals surface area contributed by atoms with Gasteiger partial charge in [0.15, 0.2) is 0 Å². The number of allylic oxidation sites excluding steroid dienone is 1. The van der Waals surface area contributed by atoms with Crippen LogP contribution in [-0.2, 0) is 0 Å². The third kappa shape index (κ3) is 8.60. The van der Waals surface area contributed by atoms with Crippen molar-refractivity contribution in [2.45, 2.75) is 83.7 Å². The van der Waals surface area contributed by atoms with E-state index in [0.717, 1.165) is 37.6 Å². The molecule has 0 bridgehead atoms. The fraction of sp³-hybridized carbons (Fsp3) is 0.640. The predicted molar refractivity (Wildman–Crippen MR) is 123 cm³/mol. The summed E-state index contributed by atoms with van der Waals surface area (Å²) in [7, 11) is 1.90. The van der Waals surface area contributed by atoms with Crippen molar-refractivity contribution in [2.75, 3.05) is 13.6 Å². The first-order valence-electron chi connectivity index (χ1n) is 11.4. The minimum absolute atomic E-state index is 0.314. The van der Waals surface area contributed by atoms with Gasteiger partial charge >= 0.3 is 0 Å². The van der Waals surface area contributed by atoms with Crippen molar-refractivity contribution in [1.82, 2.24) is 10.6 Å². The number of benzene rings is 1. The molecule has 1 aromatic rings. The lowest BCUT2D eigenvalue weighted by atomic mass is 9.87. The molecule has 2 N–H and O–H groups in total. The first kappa shape index (κ1) is 22.7. The zero-order chi connectivity index (χ0) is 20.0. The van der Waals surface area contributed by atoms with Crippen LogP contribution in [0.15, 0.2) is 47.5 Å². The summed E-state index contributed by atoms with van der Waals surface area (Å²) in [5.41, 5.74) is 1.35. The van der Waals surface area contributed by atoms with E-state index in [1.54, 1.807) is 0 Å². The second kappa shape index (κ2) is 13.5. The van der Waals surface area contributed by atoms with Gasteiger partial charge in [-0.1, -0.05) is 81.5 Å². The highest BCUT2D eigenvalue weighted by Gasteiger charge is 2.17. The fourth-order valence-electron chi connectivity index (χ4n) is 4.15. The Labute approximate surface area is 173 Å². The van der Waals surface area contributed by atoms with Gasteiger partial charge in [-0.05, 0) is 44.2 Å². The monoisotopic (exact) mass is 383 g/mol. The second-order valence-corrected chi connectivity index (χ2v) is 8.25. The molecule has 1 saturated carbocycles. The Hall–Kier alpha value is -1.61. The Bertz CT molecular complexity index is 573. The highest BCUT2D eigenvalue weighted by molar-refractivity contribution is 5.83. The molecule has 28 heavy (non-hydrogen) atoms. The topological polar surface area (TPSA) is 36.4 Å². The maximum Gasteiger partial charge on any atom is 0.0980 e. The smallest absolute Gasteiger partial charge is 0.0980 e. The maximum absolute atomic E-state index is 4.56. The summed E-state index contributed by atoms with van der Waals surface area (Å²) in [6, 6.07) is 11.6. The van der Waals surface area contributed by atoms with Gasteiger partial charge in [0, 0.05) is 25.6 Å².